The van der Waals surface area contributed by atoms with Gasteiger partial charge >= 0.3 is 6.03 Å². The van der Waals surface area contributed by atoms with E-state index in [0.717, 1.165) is 0 Å². The summed E-state index contributed by atoms with van der Waals surface area (Å²) in [6.07, 6.45) is -6.73. The van der Waals surface area contributed by atoms with Crippen LogP contribution in [0.25, 0.3) is 0 Å². The number of hydrogen-bond donors (Lipinski definition) is 5. The Balaban J connectivity index is 2.00. The monoisotopic (exact) mass is 389 g/mol. The van der Waals surface area contributed by atoms with Gasteiger partial charge < -0.3 is 39.3 Å². The number of anilines is 1. The summed E-state index contributed by atoms with van der Waals surface area (Å²) < 4.78 is 16.1. The molecule has 5 N–H and O–H groups in total. The van der Waals surface area contributed by atoms with E-state index in [2.05, 4.69) is 10.5 Å². The van der Waals surface area contributed by atoms with Crippen LogP contribution in [-0.2, 0) is 14.9 Å². The number of hydrogen-bond acceptors (Lipinski definition) is 9. The number of amides is 2. The molecule has 154 valence electrons. The summed E-state index contributed by atoms with van der Waals surface area (Å²) in [5.41, 5.74) is -0.715. The Hall–Kier alpha value is -1.76. The molecule has 0 radical (unpaired) electrons. The molecule has 1 aliphatic rings. The molecule has 1 fully saturated rings. The molecule has 2 heterocycles. The Morgan fingerprint density at radius 1 is 1.30 bits per heavy atom. The molecule has 11 heteroatoms. The minimum atomic E-state index is -1.51. The van der Waals surface area contributed by atoms with Crippen molar-refractivity contribution in [3.63, 3.8) is 0 Å². The minimum absolute atomic E-state index is 0.00590. The van der Waals surface area contributed by atoms with Gasteiger partial charge in [-0.2, -0.15) is 0 Å². The van der Waals surface area contributed by atoms with Gasteiger partial charge in [0.15, 0.2) is 12.1 Å². The van der Waals surface area contributed by atoms with E-state index < -0.39 is 42.7 Å². The summed E-state index contributed by atoms with van der Waals surface area (Å²) in [7, 11) is 3.18. The molecule has 2 rings (SSSR count). The molecule has 1 aromatic heterocycles. The van der Waals surface area contributed by atoms with E-state index in [1.165, 1.54) is 4.90 Å². The Morgan fingerprint density at radius 2 is 1.96 bits per heavy atom. The van der Waals surface area contributed by atoms with E-state index >= 15 is 0 Å². The normalized spacial score (nSPS) is 28.8. The SMILES string of the molecule is CN(C)C(=O)Nc1cc(C(C)(C)CO[C@@H]2O[C@H](CO)[C@@H](O)[C@H](O)[C@H]2O)on1. The van der Waals surface area contributed by atoms with E-state index in [1.54, 1.807) is 34.0 Å². The molecule has 11 nitrogen and oxygen atoms in total. The van der Waals surface area contributed by atoms with Gasteiger partial charge in [0.1, 0.15) is 30.2 Å². The van der Waals surface area contributed by atoms with Crippen molar-refractivity contribution in [2.24, 2.45) is 0 Å². The highest BCUT2D eigenvalue weighted by atomic mass is 16.7. The predicted molar refractivity (Wildman–Crippen MR) is 92.0 cm³/mol. The highest BCUT2D eigenvalue weighted by Gasteiger charge is 2.44. The largest absolute Gasteiger partial charge is 0.394 e. The summed E-state index contributed by atoms with van der Waals surface area (Å²) in [5.74, 6) is 0.658. The maximum atomic E-state index is 11.7. The van der Waals surface area contributed by atoms with Crippen molar-refractivity contribution < 1.29 is 39.2 Å². The van der Waals surface area contributed by atoms with Crippen LogP contribution in [0.1, 0.15) is 19.6 Å². The lowest BCUT2D eigenvalue weighted by Gasteiger charge is -2.40. The molecule has 0 aliphatic carbocycles. The smallest absolute Gasteiger partial charge is 0.322 e. The average Bonchev–Trinajstić information content (AvgIpc) is 3.08. The fourth-order valence-corrected chi connectivity index (χ4v) is 2.44. The first-order valence-corrected chi connectivity index (χ1v) is 8.44. The molecular formula is C16H27N3O8. The Morgan fingerprint density at radius 3 is 2.56 bits per heavy atom. The summed E-state index contributed by atoms with van der Waals surface area (Å²) >= 11 is 0. The van der Waals surface area contributed by atoms with Crippen molar-refractivity contribution in [1.82, 2.24) is 10.1 Å². The summed E-state index contributed by atoms with van der Waals surface area (Å²) in [4.78, 5) is 13.0. The number of nitrogens with zero attached hydrogens (tertiary/aromatic N) is 2. The van der Waals surface area contributed by atoms with Crippen molar-refractivity contribution in [1.29, 1.82) is 0 Å². The second-order valence-corrected chi connectivity index (χ2v) is 7.29. The molecule has 2 amide bonds. The van der Waals surface area contributed by atoms with Gasteiger partial charge in [-0.15, -0.1) is 0 Å². The van der Waals surface area contributed by atoms with Gasteiger partial charge in [0, 0.05) is 25.6 Å². The maximum Gasteiger partial charge on any atom is 0.322 e. The lowest BCUT2D eigenvalue weighted by Crippen LogP contribution is -2.59. The van der Waals surface area contributed by atoms with Crippen molar-refractivity contribution in [3.8, 4) is 0 Å². The molecule has 27 heavy (non-hydrogen) atoms. The van der Waals surface area contributed by atoms with E-state index in [4.69, 9.17) is 14.0 Å². The third-order valence-corrected chi connectivity index (χ3v) is 4.28. The molecule has 1 aliphatic heterocycles. The predicted octanol–water partition coefficient (Wildman–Crippen LogP) is -1.14. The first kappa shape index (κ1) is 21.5. The van der Waals surface area contributed by atoms with E-state index in [-0.39, 0.29) is 18.5 Å². The zero-order valence-corrected chi connectivity index (χ0v) is 15.7. The van der Waals surface area contributed by atoms with Crippen LogP contribution in [0.3, 0.4) is 0 Å². The van der Waals surface area contributed by atoms with Crippen LogP contribution in [0.15, 0.2) is 10.6 Å². The van der Waals surface area contributed by atoms with Crippen LogP contribution in [0.4, 0.5) is 10.6 Å². The van der Waals surface area contributed by atoms with Crippen LogP contribution in [0.2, 0.25) is 0 Å². The second kappa shape index (κ2) is 8.50. The van der Waals surface area contributed by atoms with Crippen molar-refractivity contribution >= 4 is 11.8 Å². The fraction of sp³-hybridized carbons (Fsp3) is 0.750. The number of rotatable bonds is 6. The molecule has 0 unspecified atom stereocenters. The third kappa shape index (κ3) is 4.94. The zero-order chi connectivity index (χ0) is 20.4. The number of urea groups is 1. The van der Waals surface area contributed by atoms with Crippen molar-refractivity contribution in [2.45, 2.75) is 50.0 Å². The molecule has 5 atom stereocenters. The van der Waals surface area contributed by atoms with E-state index in [9.17, 15) is 25.2 Å². The first-order valence-electron chi connectivity index (χ1n) is 8.44. The molecular weight excluding hydrogens is 362 g/mol. The van der Waals surface area contributed by atoms with Crippen LogP contribution >= 0.6 is 0 Å². The van der Waals surface area contributed by atoms with Crippen LogP contribution < -0.4 is 5.32 Å². The number of nitrogens with one attached hydrogen (secondary N) is 1. The lowest BCUT2D eigenvalue weighted by molar-refractivity contribution is -0.303. The van der Waals surface area contributed by atoms with E-state index in [0.29, 0.717) is 5.76 Å². The van der Waals surface area contributed by atoms with Crippen molar-refractivity contribution in [2.75, 3.05) is 32.6 Å². The third-order valence-electron chi connectivity index (χ3n) is 4.28. The van der Waals surface area contributed by atoms with E-state index in [1.807, 2.05) is 0 Å². The highest BCUT2D eigenvalue weighted by molar-refractivity contribution is 5.87. The molecule has 0 bridgehead atoms. The van der Waals surface area contributed by atoms with Gasteiger partial charge in [0.25, 0.3) is 0 Å². The summed E-state index contributed by atoms with van der Waals surface area (Å²) in [6, 6.07) is 1.20. The minimum Gasteiger partial charge on any atom is -0.394 e. The summed E-state index contributed by atoms with van der Waals surface area (Å²) in [6.45, 7) is 3.04. The van der Waals surface area contributed by atoms with Crippen LogP contribution in [0.5, 0.6) is 0 Å². The molecule has 1 saturated heterocycles. The molecule has 0 aromatic carbocycles. The van der Waals surface area contributed by atoms with Gasteiger partial charge in [0.05, 0.1) is 13.2 Å². The maximum absolute atomic E-state index is 11.7. The Kier molecular flexibility index (Phi) is 6.78. The average molecular weight is 389 g/mol. The van der Waals surface area contributed by atoms with Gasteiger partial charge in [-0.05, 0) is 0 Å². The number of ether oxygens (including phenoxy) is 2. The lowest BCUT2D eigenvalue weighted by atomic mass is 9.91. The standard InChI is InChI=1S/C16H27N3O8/c1-16(2,9-5-10(18-27-9)17-15(24)19(3)4)7-25-14-13(23)12(22)11(21)8(6-20)26-14/h5,8,11-14,20-23H,6-7H2,1-4H3,(H,17,18,24)/t8-,11-,12+,13-,14-/m1/s1. The van der Waals surface area contributed by atoms with Gasteiger partial charge in [-0.3, -0.25) is 5.32 Å². The fourth-order valence-electron chi connectivity index (χ4n) is 2.44. The zero-order valence-electron chi connectivity index (χ0n) is 15.7. The number of carbonyl (C=O) groups is 1. The quantitative estimate of drug-likeness (QED) is 0.405. The molecule has 1 aromatic rings. The number of aliphatic hydroxyl groups excluding tert-OH is 4. The Bertz CT molecular complexity index is 633. The summed E-state index contributed by atoms with van der Waals surface area (Å²) in [5, 5.41) is 45.2. The molecule has 0 spiro atoms. The van der Waals surface area contributed by atoms with Crippen LogP contribution in [-0.4, -0.2) is 94.5 Å². The van der Waals surface area contributed by atoms with Crippen molar-refractivity contribution in [3.05, 3.63) is 11.8 Å². The second-order valence-electron chi connectivity index (χ2n) is 7.29. The topological polar surface area (TPSA) is 158 Å². The van der Waals surface area contributed by atoms with Gasteiger partial charge in [0.2, 0.25) is 0 Å². The Labute approximate surface area is 156 Å². The van der Waals surface area contributed by atoms with Crippen LogP contribution in [0, 0.1) is 0 Å². The molecule has 0 saturated carbocycles. The first-order chi connectivity index (χ1) is 12.6. The van der Waals surface area contributed by atoms with Gasteiger partial charge in [-0.25, -0.2) is 4.79 Å². The van der Waals surface area contributed by atoms with Gasteiger partial charge in [-0.1, -0.05) is 19.0 Å². The highest BCUT2D eigenvalue weighted by Crippen LogP contribution is 2.28. The number of carbonyl (C=O) groups excluding carboxylic acids is 1. The number of aromatic nitrogens is 1. The number of aliphatic hydroxyl groups is 4.